The molecule has 0 aliphatic heterocycles. The fourth-order valence-electron chi connectivity index (χ4n) is 2.70. The van der Waals surface area contributed by atoms with E-state index >= 15 is 0 Å². The Balaban J connectivity index is 2.03. The maximum Gasteiger partial charge on any atom is 0.279 e. The molecular formula is C19H17N3O3S. The monoisotopic (exact) mass is 367 g/mol. The molecule has 3 aromatic rings. The number of hydrogen-bond donors (Lipinski definition) is 0. The molecule has 1 heterocycles. The Kier molecular flexibility index (Phi) is 4.81. The summed E-state index contributed by atoms with van der Waals surface area (Å²) in [5.41, 5.74) is 3.30. The number of nitro groups is 1. The average Bonchev–Trinajstić information content (AvgIpc) is 2.89. The van der Waals surface area contributed by atoms with E-state index in [2.05, 4.69) is 4.99 Å². The van der Waals surface area contributed by atoms with Crippen molar-refractivity contribution in [2.75, 3.05) is 0 Å². The van der Waals surface area contributed by atoms with E-state index in [1.54, 1.807) is 0 Å². The normalized spacial score (nSPS) is 11.6. The number of aromatic nitrogens is 1. The van der Waals surface area contributed by atoms with Gasteiger partial charge in [0.05, 0.1) is 10.6 Å². The van der Waals surface area contributed by atoms with Gasteiger partial charge in [-0.25, -0.2) is 0 Å². The summed E-state index contributed by atoms with van der Waals surface area (Å²) in [7, 11) is 1.86. The average molecular weight is 367 g/mol. The van der Waals surface area contributed by atoms with Crippen molar-refractivity contribution in [2.45, 2.75) is 13.8 Å². The highest BCUT2D eigenvalue weighted by Gasteiger charge is 2.13. The predicted octanol–water partition coefficient (Wildman–Crippen LogP) is 4.02. The Morgan fingerprint density at radius 2 is 1.85 bits per heavy atom. The lowest BCUT2D eigenvalue weighted by Gasteiger charge is -2.05. The molecule has 0 bridgehead atoms. The van der Waals surface area contributed by atoms with Crippen LogP contribution in [0.15, 0.2) is 53.5 Å². The standard InChI is InChI=1S/C19H17N3O3S/c1-12-7-9-14(10-8-12)17-13(2)26-19(21(17)3)20-18(23)15-5-4-6-16(11-15)22(24)25/h4-11H,1-3H3. The van der Waals surface area contributed by atoms with Gasteiger partial charge in [0.1, 0.15) is 0 Å². The van der Waals surface area contributed by atoms with Gasteiger partial charge in [0.2, 0.25) is 0 Å². The van der Waals surface area contributed by atoms with Gasteiger partial charge in [0.15, 0.2) is 4.80 Å². The Hall–Kier alpha value is -3.06. The third-order valence-electron chi connectivity index (χ3n) is 4.03. The van der Waals surface area contributed by atoms with Gasteiger partial charge in [-0.3, -0.25) is 14.9 Å². The highest BCUT2D eigenvalue weighted by atomic mass is 32.1. The van der Waals surface area contributed by atoms with Crippen LogP contribution in [0, 0.1) is 24.0 Å². The summed E-state index contributed by atoms with van der Waals surface area (Å²) in [4.78, 5) is 28.6. The van der Waals surface area contributed by atoms with E-state index < -0.39 is 10.8 Å². The number of hydrogen-bond acceptors (Lipinski definition) is 4. The van der Waals surface area contributed by atoms with Crippen molar-refractivity contribution < 1.29 is 9.72 Å². The molecule has 0 aliphatic carbocycles. The molecule has 0 atom stereocenters. The number of thiazole rings is 1. The summed E-state index contributed by atoms with van der Waals surface area (Å²) in [6, 6.07) is 13.8. The number of nitrogens with zero attached hydrogens (tertiary/aromatic N) is 3. The first kappa shape index (κ1) is 17.8. The number of aryl methyl sites for hydroxylation is 2. The van der Waals surface area contributed by atoms with Gasteiger partial charge in [-0.05, 0) is 25.5 Å². The van der Waals surface area contributed by atoms with E-state index in [0.29, 0.717) is 4.80 Å². The molecule has 0 N–H and O–H groups in total. The van der Waals surface area contributed by atoms with Crippen molar-refractivity contribution in [1.82, 2.24) is 4.57 Å². The molecule has 7 heteroatoms. The first-order chi connectivity index (χ1) is 12.4. The molecule has 0 spiro atoms. The van der Waals surface area contributed by atoms with E-state index in [9.17, 15) is 14.9 Å². The molecule has 0 unspecified atom stereocenters. The van der Waals surface area contributed by atoms with Crippen molar-refractivity contribution in [2.24, 2.45) is 12.0 Å². The number of carbonyl (C=O) groups excluding carboxylic acids is 1. The molecule has 1 aromatic heterocycles. The summed E-state index contributed by atoms with van der Waals surface area (Å²) in [5.74, 6) is -0.499. The summed E-state index contributed by atoms with van der Waals surface area (Å²) in [6.45, 7) is 4.01. The quantitative estimate of drug-likeness (QED) is 0.518. The minimum Gasteiger partial charge on any atom is -0.319 e. The molecule has 2 aromatic carbocycles. The SMILES string of the molecule is Cc1ccc(-c2c(C)sc(=NC(=O)c3cccc([N+](=O)[O-])c3)n2C)cc1. The van der Waals surface area contributed by atoms with Crippen LogP contribution in [-0.4, -0.2) is 15.4 Å². The Bertz CT molecular complexity index is 1060. The first-order valence-electron chi connectivity index (χ1n) is 7.94. The van der Waals surface area contributed by atoms with Gasteiger partial charge in [0.25, 0.3) is 11.6 Å². The zero-order chi connectivity index (χ0) is 18.8. The Labute approximate surface area is 154 Å². The second kappa shape index (κ2) is 7.05. The van der Waals surface area contributed by atoms with Crippen LogP contribution in [-0.2, 0) is 7.05 Å². The van der Waals surface area contributed by atoms with Crippen molar-refractivity contribution >= 4 is 22.9 Å². The van der Waals surface area contributed by atoms with Crippen LogP contribution in [0.1, 0.15) is 20.8 Å². The van der Waals surface area contributed by atoms with Crippen molar-refractivity contribution in [3.63, 3.8) is 0 Å². The number of nitro benzene ring substituents is 1. The van der Waals surface area contributed by atoms with Gasteiger partial charge >= 0.3 is 0 Å². The second-order valence-corrected chi connectivity index (χ2v) is 7.12. The maximum atomic E-state index is 12.4. The number of rotatable bonds is 3. The molecule has 0 saturated carbocycles. The van der Waals surface area contributed by atoms with E-state index in [4.69, 9.17) is 0 Å². The lowest BCUT2D eigenvalue weighted by Crippen LogP contribution is -2.14. The number of benzene rings is 2. The van der Waals surface area contributed by atoms with Crippen LogP contribution in [0.4, 0.5) is 5.69 Å². The first-order valence-corrected chi connectivity index (χ1v) is 8.75. The molecule has 0 aliphatic rings. The fourth-order valence-corrected chi connectivity index (χ4v) is 3.68. The van der Waals surface area contributed by atoms with Crippen molar-refractivity contribution in [3.8, 4) is 11.3 Å². The number of amides is 1. The van der Waals surface area contributed by atoms with Crippen LogP contribution in [0.5, 0.6) is 0 Å². The smallest absolute Gasteiger partial charge is 0.279 e. The lowest BCUT2D eigenvalue weighted by atomic mass is 10.1. The molecule has 0 radical (unpaired) electrons. The fraction of sp³-hybridized carbons (Fsp3) is 0.158. The molecule has 132 valence electrons. The summed E-state index contributed by atoms with van der Waals surface area (Å²) >= 11 is 1.42. The Morgan fingerprint density at radius 3 is 2.50 bits per heavy atom. The molecular weight excluding hydrogens is 350 g/mol. The molecule has 6 nitrogen and oxygen atoms in total. The highest BCUT2D eigenvalue weighted by Crippen LogP contribution is 2.24. The van der Waals surface area contributed by atoms with Crippen LogP contribution >= 0.6 is 11.3 Å². The molecule has 26 heavy (non-hydrogen) atoms. The Morgan fingerprint density at radius 1 is 1.15 bits per heavy atom. The molecule has 0 saturated heterocycles. The van der Waals surface area contributed by atoms with E-state index in [0.717, 1.165) is 16.1 Å². The molecule has 0 fully saturated rings. The van der Waals surface area contributed by atoms with Crippen LogP contribution < -0.4 is 4.80 Å². The maximum absolute atomic E-state index is 12.4. The van der Waals surface area contributed by atoms with Gasteiger partial charge in [-0.1, -0.05) is 35.9 Å². The number of carbonyl (C=O) groups is 1. The molecule has 1 amide bonds. The third kappa shape index (κ3) is 3.48. The van der Waals surface area contributed by atoms with Gasteiger partial charge in [0, 0.05) is 29.6 Å². The van der Waals surface area contributed by atoms with E-state index in [1.165, 1.54) is 41.2 Å². The zero-order valence-electron chi connectivity index (χ0n) is 14.6. The van der Waals surface area contributed by atoms with E-state index in [1.807, 2.05) is 49.7 Å². The predicted molar refractivity (Wildman–Crippen MR) is 101 cm³/mol. The van der Waals surface area contributed by atoms with E-state index in [-0.39, 0.29) is 11.3 Å². The minimum absolute atomic E-state index is 0.127. The summed E-state index contributed by atoms with van der Waals surface area (Å²) in [5, 5.41) is 10.9. The lowest BCUT2D eigenvalue weighted by molar-refractivity contribution is -0.384. The van der Waals surface area contributed by atoms with Crippen molar-refractivity contribution in [1.29, 1.82) is 0 Å². The number of non-ortho nitro benzene ring substituents is 1. The summed E-state index contributed by atoms with van der Waals surface area (Å²) < 4.78 is 1.87. The summed E-state index contributed by atoms with van der Waals surface area (Å²) in [6.07, 6.45) is 0. The zero-order valence-corrected chi connectivity index (χ0v) is 15.4. The van der Waals surface area contributed by atoms with Crippen LogP contribution in [0.3, 0.4) is 0 Å². The van der Waals surface area contributed by atoms with Crippen LogP contribution in [0.2, 0.25) is 0 Å². The van der Waals surface area contributed by atoms with Gasteiger partial charge < -0.3 is 4.57 Å². The van der Waals surface area contributed by atoms with Crippen LogP contribution in [0.25, 0.3) is 11.3 Å². The van der Waals surface area contributed by atoms with Gasteiger partial charge in [-0.2, -0.15) is 4.99 Å². The highest BCUT2D eigenvalue weighted by molar-refractivity contribution is 7.09. The second-order valence-electron chi connectivity index (χ2n) is 5.94. The van der Waals surface area contributed by atoms with Crippen molar-refractivity contribution in [3.05, 3.63) is 79.5 Å². The largest absolute Gasteiger partial charge is 0.319 e. The van der Waals surface area contributed by atoms with Gasteiger partial charge in [-0.15, -0.1) is 11.3 Å². The molecule has 3 rings (SSSR count). The topological polar surface area (TPSA) is 77.5 Å². The third-order valence-corrected chi connectivity index (χ3v) is 5.07. The minimum atomic E-state index is -0.526.